The van der Waals surface area contributed by atoms with Gasteiger partial charge in [0.2, 0.25) is 5.91 Å². The van der Waals surface area contributed by atoms with Gasteiger partial charge < -0.3 is 5.32 Å². The summed E-state index contributed by atoms with van der Waals surface area (Å²) in [6.45, 7) is 0. The number of hydrogen-bond acceptors (Lipinski definition) is 8. The third kappa shape index (κ3) is 3.04. The fourth-order valence-electron chi connectivity index (χ4n) is 1.66. The third-order valence-corrected chi connectivity index (χ3v) is 4.08. The quantitative estimate of drug-likeness (QED) is 0.579. The molecule has 2 aromatic heterocycles. The van der Waals surface area contributed by atoms with Gasteiger partial charge >= 0.3 is 5.69 Å². The van der Waals surface area contributed by atoms with Gasteiger partial charge in [-0.3, -0.25) is 14.6 Å². The molecule has 0 aliphatic carbocycles. The first-order valence-corrected chi connectivity index (χ1v) is 7.68. The maximum absolute atomic E-state index is 11.9. The fourth-order valence-corrected chi connectivity index (χ4v) is 2.84. The molecule has 3 aromatic rings. The van der Waals surface area contributed by atoms with E-state index in [0.29, 0.717) is 16.7 Å². The van der Waals surface area contributed by atoms with E-state index < -0.39 is 11.2 Å². The second-order valence-corrected chi connectivity index (χ2v) is 5.58. The average Bonchev–Trinajstić information content (AvgIpc) is 2.96. The summed E-state index contributed by atoms with van der Waals surface area (Å²) in [5.74, 6) is -0.353. The Hall–Kier alpha value is -2.53. The predicted molar refractivity (Wildman–Crippen MR) is 82.2 cm³/mol. The van der Waals surface area contributed by atoms with Crippen LogP contribution in [0.2, 0.25) is 0 Å². The molecule has 0 atom stereocenters. The number of H-pyrrole nitrogens is 2. The van der Waals surface area contributed by atoms with Gasteiger partial charge in [0, 0.05) is 0 Å². The minimum atomic E-state index is -0.693. The molecule has 0 saturated heterocycles. The summed E-state index contributed by atoms with van der Waals surface area (Å²) < 4.78 is 8.20. The number of fused-ring (bicyclic) bond motifs is 1. The molecule has 22 heavy (non-hydrogen) atoms. The second-order valence-electron chi connectivity index (χ2n) is 4.09. The second kappa shape index (κ2) is 6.07. The lowest BCUT2D eigenvalue weighted by molar-refractivity contribution is -0.113. The van der Waals surface area contributed by atoms with Crippen molar-refractivity contribution in [2.24, 2.45) is 0 Å². The maximum Gasteiger partial charge on any atom is 0.342 e. The third-order valence-electron chi connectivity index (χ3n) is 2.58. The molecule has 0 saturated carbocycles. The molecule has 0 bridgehead atoms. The molecule has 1 aromatic carbocycles. The normalized spacial score (nSPS) is 10.7. The summed E-state index contributed by atoms with van der Waals surface area (Å²) in [5, 5.41) is 8.41. The molecule has 9 nitrogen and oxygen atoms in total. The molecule has 1 amide bonds. The number of anilines is 1. The van der Waals surface area contributed by atoms with E-state index in [9.17, 15) is 14.4 Å². The van der Waals surface area contributed by atoms with Crippen LogP contribution < -0.4 is 16.6 Å². The van der Waals surface area contributed by atoms with Crippen LogP contribution in [0, 0.1) is 0 Å². The Morgan fingerprint density at radius 2 is 2.18 bits per heavy atom. The van der Waals surface area contributed by atoms with Crippen LogP contribution in [0.4, 0.5) is 5.69 Å². The Labute approximate surface area is 130 Å². The van der Waals surface area contributed by atoms with E-state index >= 15 is 0 Å². The number of hydrogen-bond donors (Lipinski definition) is 3. The molecular formula is C11H8N6O3S2. The molecule has 0 aliphatic heterocycles. The summed E-state index contributed by atoms with van der Waals surface area (Å²) in [5.41, 5.74) is 0.550. The van der Waals surface area contributed by atoms with E-state index in [-0.39, 0.29) is 16.7 Å². The Morgan fingerprint density at radius 1 is 1.32 bits per heavy atom. The van der Waals surface area contributed by atoms with Crippen molar-refractivity contribution in [3.63, 3.8) is 0 Å². The minimum Gasteiger partial charge on any atom is -0.323 e. The van der Waals surface area contributed by atoms with Crippen LogP contribution in [-0.2, 0) is 4.79 Å². The van der Waals surface area contributed by atoms with Crippen molar-refractivity contribution in [3.05, 3.63) is 39.0 Å². The zero-order valence-electron chi connectivity index (χ0n) is 10.8. The molecule has 0 fully saturated rings. The number of aromatic amines is 2. The van der Waals surface area contributed by atoms with Crippen LogP contribution in [0.3, 0.4) is 0 Å². The van der Waals surface area contributed by atoms with Crippen molar-refractivity contribution in [1.29, 1.82) is 0 Å². The van der Waals surface area contributed by atoms with Crippen molar-refractivity contribution in [3.8, 4) is 0 Å². The predicted octanol–water partition coefficient (Wildman–Crippen LogP) is 0.194. The highest BCUT2D eigenvalue weighted by molar-refractivity contribution is 7.99. The zero-order chi connectivity index (χ0) is 15.5. The number of benzene rings is 1. The van der Waals surface area contributed by atoms with Crippen LogP contribution in [0.5, 0.6) is 0 Å². The van der Waals surface area contributed by atoms with Crippen molar-refractivity contribution >= 4 is 46.1 Å². The van der Waals surface area contributed by atoms with Gasteiger partial charge in [0.15, 0.2) is 5.03 Å². The monoisotopic (exact) mass is 336 g/mol. The number of carbonyl (C=O) groups is 1. The zero-order valence-corrected chi connectivity index (χ0v) is 12.5. The smallest absolute Gasteiger partial charge is 0.323 e. The van der Waals surface area contributed by atoms with Crippen LogP contribution in [0.25, 0.3) is 11.0 Å². The van der Waals surface area contributed by atoms with E-state index in [2.05, 4.69) is 24.3 Å². The van der Waals surface area contributed by atoms with Gasteiger partial charge in [0.25, 0.3) is 5.56 Å². The summed E-state index contributed by atoms with van der Waals surface area (Å²) in [4.78, 5) is 36.3. The van der Waals surface area contributed by atoms with Gasteiger partial charge in [-0.2, -0.15) is 13.8 Å². The largest absolute Gasteiger partial charge is 0.342 e. The van der Waals surface area contributed by atoms with Gasteiger partial charge in [-0.1, -0.05) is 17.8 Å². The number of carbonyl (C=O) groups excluding carboxylic acids is 1. The molecule has 112 valence electrons. The Bertz CT molecular complexity index is 946. The molecule has 11 heteroatoms. The Kier molecular flexibility index (Phi) is 3.98. The van der Waals surface area contributed by atoms with Gasteiger partial charge in [-0.25, -0.2) is 9.89 Å². The van der Waals surface area contributed by atoms with Gasteiger partial charge in [0.1, 0.15) is 11.0 Å². The number of aromatic nitrogens is 5. The fraction of sp³-hybridized carbons (Fsp3) is 0.0909. The Balaban J connectivity index is 1.69. The molecule has 0 radical (unpaired) electrons. The summed E-state index contributed by atoms with van der Waals surface area (Å²) in [7, 11) is 0. The average molecular weight is 336 g/mol. The number of amides is 1. The number of rotatable bonds is 4. The first kappa shape index (κ1) is 14.4. The molecule has 3 rings (SSSR count). The first-order chi connectivity index (χ1) is 10.6. The highest BCUT2D eigenvalue weighted by Gasteiger charge is 2.11. The van der Waals surface area contributed by atoms with E-state index in [1.807, 2.05) is 4.98 Å². The number of nitrogens with zero attached hydrogens (tertiary/aromatic N) is 3. The van der Waals surface area contributed by atoms with Crippen molar-refractivity contribution < 1.29 is 4.79 Å². The van der Waals surface area contributed by atoms with E-state index in [1.165, 1.54) is 0 Å². The molecule has 3 N–H and O–H groups in total. The lowest BCUT2D eigenvalue weighted by Gasteiger charge is -2.04. The Morgan fingerprint density at radius 3 is 3.00 bits per heavy atom. The lowest BCUT2D eigenvalue weighted by Crippen LogP contribution is -2.25. The van der Waals surface area contributed by atoms with Crippen molar-refractivity contribution in [1.82, 2.24) is 23.9 Å². The van der Waals surface area contributed by atoms with Crippen molar-refractivity contribution in [2.45, 2.75) is 5.03 Å². The highest BCUT2D eigenvalue weighted by Crippen LogP contribution is 2.21. The molecule has 0 aliphatic rings. The summed E-state index contributed by atoms with van der Waals surface area (Å²) >= 11 is 1.98. The van der Waals surface area contributed by atoms with Crippen molar-refractivity contribution in [2.75, 3.05) is 11.1 Å². The molecule has 0 unspecified atom stereocenters. The van der Waals surface area contributed by atoms with Crippen LogP contribution in [0.15, 0.2) is 32.8 Å². The minimum absolute atomic E-state index is 0.0169. The summed E-state index contributed by atoms with van der Waals surface area (Å²) in [6.07, 6.45) is 0. The van der Waals surface area contributed by atoms with Gasteiger partial charge in [-0.05, 0) is 12.1 Å². The highest BCUT2D eigenvalue weighted by atomic mass is 32.2. The standard InChI is InChI=1S/C11H8N6O3S2/c18-7(4-21-10-9(19)13-11(20)15-14-10)12-5-2-1-3-6-8(5)17-22-16-6/h1-3H,4H2,(H,12,18)(H2,13,15,19,20). The number of thioether (sulfide) groups is 1. The first-order valence-electron chi connectivity index (χ1n) is 5.96. The van der Waals surface area contributed by atoms with E-state index in [1.54, 1.807) is 18.2 Å². The van der Waals surface area contributed by atoms with Gasteiger partial charge in [0.05, 0.1) is 23.2 Å². The lowest BCUT2D eigenvalue weighted by atomic mass is 10.2. The topological polar surface area (TPSA) is 133 Å². The maximum atomic E-state index is 11.9. The van der Waals surface area contributed by atoms with Crippen LogP contribution in [-0.4, -0.2) is 35.6 Å². The molecular weight excluding hydrogens is 328 g/mol. The SMILES string of the molecule is O=C(CSc1n[nH]c(=O)[nH]c1=O)Nc1cccc2nsnc12. The molecule has 2 heterocycles. The molecule has 0 spiro atoms. The van der Waals surface area contributed by atoms with Crippen LogP contribution in [0.1, 0.15) is 0 Å². The van der Waals surface area contributed by atoms with Gasteiger partial charge in [-0.15, -0.1) is 0 Å². The van der Waals surface area contributed by atoms with E-state index in [0.717, 1.165) is 23.5 Å². The summed E-state index contributed by atoms with van der Waals surface area (Å²) in [6, 6.07) is 5.28. The number of nitrogens with one attached hydrogen (secondary N) is 3. The van der Waals surface area contributed by atoms with E-state index in [4.69, 9.17) is 0 Å². The van der Waals surface area contributed by atoms with Crippen LogP contribution >= 0.6 is 23.5 Å².